The summed E-state index contributed by atoms with van der Waals surface area (Å²) in [6, 6.07) is 4.03. The van der Waals surface area contributed by atoms with Crippen molar-refractivity contribution in [3.05, 3.63) is 42.5 Å². The molecule has 6 nitrogen and oxygen atoms in total. The lowest BCUT2D eigenvalue weighted by Gasteiger charge is -2.30. The quantitative estimate of drug-likeness (QED) is 0.891. The van der Waals surface area contributed by atoms with Gasteiger partial charge in [-0.25, -0.2) is 4.79 Å². The van der Waals surface area contributed by atoms with Crippen LogP contribution in [0.15, 0.2) is 36.9 Å². The van der Waals surface area contributed by atoms with E-state index in [1.54, 1.807) is 24.8 Å². The number of anilines is 1. The van der Waals surface area contributed by atoms with Gasteiger partial charge in [0.25, 0.3) is 0 Å². The number of carbonyl (C=O) groups is 1. The van der Waals surface area contributed by atoms with E-state index in [1.165, 1.54) is 0 Å². The monoisotopic (exact) mass is 285 g/mol. The summed E-state index contributed by atoms with van der Waals surface area (Å²) in [7, 11) is 0. The minimum atomic E-state index is -0.0693. The first-order valence-electron chi connectivity index (χ1n) is 7.31. The van der Waals surface area contributed by atoms with Gasteiger partial charge in [0.15, 0.2) is 0 Å². The highest BCUT2D eigenvalue weighted by Gasteiger charge is 2.26. The Labute approximate surface area is 123 Å². The Kier molecular flexibility index (Phi) is 4.14. The molecule has 2 amide bonds. The van der Waals surface area contributed by atoms with Crippen molar-refractivity contribution in [3.63, 3.8) is 0 Å². The van der Waals surface area contributed by atoms with Gasteiger partial charge >= 0.3 is 6.03 Å². The molecular weight excluding hydrogens is 266 g/mol. The summed E-state index contributed by atoms with van der Waals surface area (Å²) < 4.78 is 0. The molecule has 3 heterocycles. The zero-order valence-electron chi connectivity index (χ0n) is 11.8. The van der Waals surface area contributed by atoms with E-state index < -0.39 is 0 Å². The van der Waals surface area contributed by atoms with Crippen LogP contribution in [0, 0.1) is 0 Å². The molecule has 6 heteroatoms. The van der Waals surface area contributed by atoms with Crippen LogP contribution in [0.2, 0.25) is 0 Å². The largest absolute Gasteiger partial charge is 0.322 e. The number of hydrogen-bond donors (Lipinski definition) is 2. The number of urea groups is 1. The number of carbonyl (C=O) groups excluding carboxylic acids is 1. The van der Waals surface area contributed by atoms with Crippen LogP contribution in [0.4, 0.5) is 10.5 Å². The minimum absolute atomic E-state index is 0.0693. The highest BCUT2D eigenvalue weighted by atomic mass is 16.2. The zero-order chi connectivity index (χ0) is 14.5. The fourth-order valence-electron chi connectivity index (χ4n) is 2.80. The molecule has 110 valence electrons. The average Bonchev–Trinajstić information content (AvgIpc) is 2.89. The van der Waals surface area contributed by atoms with Crippen molar-refractivity contribution in [2.75, 3.05) is 11.9 Å². The van der Waals surface area contributed by atoms with E-state index in [2.05, 4.69) is 20.5 Å². The molecular formula is C15H19N5O. The van der Waals surface area contributed by atoms with Gasteiger partial charge in [0.2, 0.25) is 0 Å². The van der Waals surface area contributed by atoms with Crippen molar-refractivity contribution in [2.45, 2.75) is 31.7 Å². The van der Waals surface area contributed by atoms with Gasteiger partial charge in [-0.05, 0) is 30.5 Å². The predicted molar refractivity (Wildman–Crippen MR) is 79.8 cm³/mol. The maximum Gasteiger partial charge on any atom is 0.322 e. The summed E-state index contributed by atoms with van der Waals surface area (Å²) in [6.45, 7) is 0.774. The van der Waals surface area contributed by atoms with E-state index in [-0.39, 0.29) is 12.1 Å². The standard InChI is InChI=1S/C15H19N5O/c21-15(19-13-10-17-18-11-13)20-9-3-1-2-4-14(20)12-5-7-16-8-6-12/h5-8,10-11,14H,1-4,9H2,(H,17,18)(H,19,21)/t14-/m1/s1. The van der Waals surface area contributed by atoms with Gasteiger partial charge in [0.1, 0.15) is 0 Å². The highest BCUT2D eigenvalue weighted by Crippen LogP contribution is 2.30. The Morgan fingerprint density at radius 1 is 1.29 bits per heavy atom. The van der Waals surface area contributed by atoms with Gasteiger partial charge in [-0.15, -0.1) is 0 Å². The molecule has 0 aromatic carbocycles. The number of nitrogens with one attached hydrogen (secondary N) is 2. The second-order valence-corrected chi connectivity index (χ2v) is 5.26. The number of likely N-dealkylation sites (tertiary alicyclic amines) is 1. The number of aromatic nitrogens is 3. The van der Waals surface area contributed by atoms with Crippen LogP contribution >= 0.6 is 0 Å². The second-order valence-electron chi connectivity index (χ2n) is 5.26. The van der Waals surface area contributed by atoms with Crippen molar-refractivity contribution in [1.82, 2.24) is 20.1 Å². The number of amides is 2. The van der Waals surface area contributed by atoms with Crippen LogP contribution in [0.5, 0.6) is 0 Å². The molecule has 0 radical (unpaired) electrons. The van der Waals surface area contributed by atoms with Gasteiger partial charge in [0.05, 0.1) is 17.9 Å². The Morgan fingerprint density at radius 2 is 2.14 bits per heavy atom. The topological polar surface area (TPSA) is 73.9 Å². The smallest absolute Gasteiger partial charge is 0.317 e. The summed E-state index contributed by atoms with van der Waals surface area (Å²) in [5.74, 6) is 0. The van der Waals surface area contributed by atoms with Gasteiger partial charge in [-0.3, -0.25) is 10.1 Å². The molecule has 1 atom stereocenters. The van der Waals surface area contributed by atoms with Gasteiger partial charge in [-0.1, -0.05) is 12.8 Å². The van der Waals surface area contributed by atoms with Crippen LogP contribution in [-0.2, 0) is 0 Å². The average molecular weight is 285 g/mol. The maximum absolute atomic E-state index is 12.6. The number of pyridine rings is 1. The molecule has 2 aromatic rings. The van der Waals surface area contributed by atoms with Crippen LogP contribution in [0.3, 0.4) is 0 Å². The fourth-order valence-corrected chi connectivity index (χ4v) is 2.80. The third kappa shape index (κ3) is 3.21. The fraction of sp³-hybridized carbons (Fsp3) is 0.400. The van der Waals surface area contributed by atoms with Gasteiger partial charge in [-0.2, -0.15) is 5.10 Å². The number of aromatic amines is 1. The van der Waals surface area contributed by atoms with Crippen LogP contribution in [0.1, 0.15) is 37.3 Å². The molecule has 0 unspecified atom stereocenters. The third-order valence-electron chi connectivity index (χ3n) is 3.85. The van der Waals surface area contributed by atoms with Crippen LogP contribution < -0.4 is 5.32 Å². The molecule has 0 bridgehead atoms. The summed E-state index contributed by atoms with van der Waals surface area (Å²) >= 11 is 0. The molecule has 0 aliphatic carbocycles. The molecule has 1 aliphatic heterocycles. The predicted octanol–water partition coefficient (Wildman–Crippen LogP) is 2.95. The SMILES string of the molecule is O=C(Nc1cn[nH]c1)N1CCCCC[C@@H]1c1ccncc1. The first-order valence-corrected chi connectivity index (χ1v) is 7.31. The normalized spacial score (nSPS) is 19.0. The van der Waals surface area contributed by atoms with Crippen LogP contribution in [0.25, 0.3) is 0 Å². The molecule has 2 N–H and O–H groups in total. The molecule has 1 saturated heterocycles. The van der Waals surface area contributed by atoms with E-state index in [4.69, 9.17) is 0 Å². The third-order valence-corrected chi connectivity index (χ3v) is 3.85. The van der Waals surface area contributed by atoms with Gasteiger partial charge in [0, 0.05) is 25.1 Å². The number of rotatable bonds is 2. The Morgan fingerprint density at radius 3 is 2.90 bits per heavy atom. The van der Waals surface area contributed by atoms with E-state index in [0.717, 1.165) is 37.8 Å². The molecule has 1 aliphatic rings. The summed E-state index contributed by atoms with van der Waals surface area (Å²) in [4.78, 5) is 18.5. The minimum Gasteiger partial charge on any atom is -0.317 e. The lowest BCUT2D eigenvalue weighted by atomic mass is 10.0. The van der Waals surface area contributed by atoms with Crippen molar-refractivity contribution in [2.24, 2.45) is 0 Å². The molecule has 1 fully saturated rings. The van der Waals surface area contributed by atoms with Crippen molar-refractivity contribution < 1.29 is 4.79 Å². The van der Waals surface area contributed by atoms with Crippen LogP contribution in [-0.4, -0.2) is 32.7 Å². The second kappa shape index (κ2) is 6.39. The van der Waals surface area contributed by atoms with E-state index in [9.17, 15) is 4.79 Å². The van der Waals surface area contributed by atoms with Crippen molar-refractivity contribution >= 4 is 11.7 Å². The van der Waals surface area contributed by atoms with E-state index >= 15 is 0 Å². The number of H-pyrrole nitrogens is 1. The highest BCUT2D eigenvalue weighted by molar-refractivity contribution is 5.89. The lowest BCUT2D eigenvalue weighted by molar-refractivity contribution is 0.189. The summed E-state index contributed by atoms with van der Waals surface area (Å²) in [6.07, 6.45) is 11.2. The summed E-state index contributed by atoms with van der Waals surface area (Å²) in [5.41, 5.74) is 1.84. The molecule has 0 spiro atoms. The number of nitrogens with zero attached hydrogens (tertiary/aromatic N) is 3. The first-order chi connectivity index (χ1) is 10.3. The maximum atomic E-state index is 12.6. The molecule has 3 rings (SSSR count). The van der Waals surface area contributed by atoms with Gasteiger partial charge < -0.3 is 10.2 Å². The van der Waals surface area contributed by atoms with E-state index in [1.807, 2.05) is 17.0 Å². The summed E-state index contributed by atoms with van der Waals surface area (Å²) in [5, 5.41) is 9.45. The zero-order valence-corrected chi connectivity index (χ0v) is 11.8. The Hall–Kier alpha value is -2.37. The van der Waals surface area contributed by atoms with Crippen molar-refractivity contribution in [3.8, 4) is 0 Å². The Balaban J connectivity index is 1.80. The number of hydrogen-bond acceptors (Lipinski definition) is 3. The molecule has 0 saturated carbocycles. The lowest BCUT2D eigenvalue weighted by Crippen LogP contribution is -2.38. The Bertz CT molecular complexity index is 569. The first kappa shape index (κ1) is 13.6. The van der Waals surface area contributed by atoms with Crippen molar-refractivity contribution in [1.29, 1.82) is 0 Å². The molecule has 2 aromatic heterocycles. The van der Waals surface area contributed by atoms with E-state index in [0.29, 0.717) is 5.69 Å². The molecule has 21 heavy (non-hydrogen) atoms.